The Hall–Kier alpha value is -1.98. The molecule has 1 aromatic rings. The van der Waals surface area contributed by atoms with Crippen LogP contribution in [0.15, 0.2) is 18.2 Å². The summed E-state index contributed by atoms with van der Waals surface area (Å²) in [7, 11) is 0. The van der Waals surface area contributed by atoms with Crippen molar-refractivity contribution in [3.63, 3.8) is 0 Å². The van der Waals surface area contributed by atoms with Gasteiger partial charge in [-0.1, -0.05) is 0 Å². The Morgan fingerprint density at radius 2 is 2.00 bits per heavy atom. The number of hydrogen-bond donors (Lipinski definition) is 1. The van der Waals surface area contributed by atoms with Crippen molar-refractivity contribution in [2.24, 2.45) is 0 Å². The summed E-state index contributed by atoms with van der Waals surface area (Å²) >= 11 is 0. The molecule has 4 nitrogen and oxygen atoms in total. The quantitative estimate of drug-likeness (QED) is 0.893. The fourth-order valence-electron chi connectivity index (χ4n) is 1.83. The lowest BCUT2D eigenvalue weighted by molar-refractivity contribution is -0.138. The molecule has 1 aromatic carbocycles. The van der Waals surface area contributed by atoms with Crippen molar-refractivity contribution in [3.05, 3.63) is 35.4 Å². The molecule has 1 unspecified atom stereocenters. The molecule has 0 heterocycles. The Morgan fingerprint density at radius 3 is 2.53 bits per heavy atom. The molecule has 0 aromatic heterocycles. The van der Waals surface area contributed by atoms with Crippen LogP contribution in [0, 0.1) is 11.6 Å². The fourth-order valence-corrected chi connectivity index (χ4v) is 1.83. The Balaban J connectivity index is 3.01. The maximum Gasteiger partial charge on any atom is 0.305 e. The summed E-state index contributed by atoms with van der Waals surface area (Å²) in [5, 5.41) is 8.71. The van der Waals surface area contributed by atoms with Gasteiger partial charge in [0.15, 0.2) is 0 Å². The lowest BCUT2D eigenvalue weighted by Gasteiger charge is -2.27. The summed E-state index contributed by atoms with van der Waals surface area (Å²) in [6, 6.07) is 2.01. The number of aliphatic carboxylic acids is 1. The van der Waals surface area contributed by atoms with Gasteiger partial charge in [-0.05, 0) is 32.0 Å². The average molecular weight is 271 g/mol. The third-order valence-corrected chi connectivity index (χ3v) is 2.76. The largest absolute Gasteiger partial charge is 0.481 e. The van der Waals surface area contributed by atoms with Crippen LogP contribution >= 0.6 is 0 Å². The molecule has 0 bridgehead atoms. The minimum absolute atomic E-state index is 0.212. The Kier molecular flexibility index (Phi) is 4.97. The van der Waals surface area contributed by atoms with Crippen LogP contribution in [-0.2, 0) is 4.79 Å². The highest BCUT2D eigenvalue weighted by atomic mass is 19.1. The summed E-state index contributed by atoms with van der Waals surface area (Å²) in [4.78, 5) is 23.9. The van der Waals surface area contributed by atoms with E-state index in [1.165, 1.54) is 4.90 Å². The zero-order chi connectivity index (χ0) is 14.6. The number of nitrogens with zero attached hydrogens (tertiary/aromatic N) is 1. The number of amides is 1. The van der Waals surface area contributed by atoms with E-state index < -0.39 is 29.6 Å². The predicted molar refractivity (Wildman–Crippen MR) is 64.8 cm³/mol. The summed E-state index contributed by atoms with van der Waals surface area (Å²) in [6.07, 6.45) is -0.253. The zero-order valence-electron chi connectivity index (χ0n) is 10.7. The SMILES string of the molecule is CCN(C(=O)c1cc(F)ccc1F)C(C)CC(=O)O. The summed E-state index contributed by atoms with van der Waals surface area (Å²) in [6.45, 7) is 3.41. The van der Waals surface area contributed by atoms with Crippen molar-refractivity contribution in [2.75, 3.05) is 6.54 Å². The van der Waals surface area contributed by atoms with Gasteiger partial charge in [-0.25, -0.2) is 8.78 Å². The minimum Gasteiger partial charge on any atom is -0.481 e. The van der Waals surface area contributed by atoms with Gasteiger partial charge < -0.3 is 10.0 Å². The van der Waals surface area contributed by atoms with Gasteiger partial charge >= 0.3 is 5.97 Å². The van der Waals surface area contributed by atoms with E-state index in [4.69, 9.17) is 5.11 Å². The van der Waals surface area contributed by atoms with Gasteiger partial charge in [0.1, 0.15) is 11.6 Å². The number of carbonyl (C=O) groups is 2. The van der Waals surface area contributed by atoms with E-state index in [0.29, 0.717) is 0 Å². The van der Waals surface area contributed by atoms with E-state index >= 15 is 0 Å². The first-order chi connectivity index (χ1) is 8.86. The summed E-state index contributed by atoms with van der Waals surface area (Å²) in [5.74, 6) is -3.31. The third kappa shape index (κ3) is 3.74. The van der Waals surface area contributed by atoms with Crippen LogP contribution in [-0.4, -0.2) is 34.5 Å². The molecule has 0 aliphatic heterocycles. The van der Waals surface area contributed by atoms with Crippen molar-refractivity contribution < 1.29 is 23.5 Å². The van der Waals surface area contributed by atoms with E-state index in [2.05, 4.69) is 0 Å². The lowest BCUT2D eigenvalue weighted by atomic mass is 10.1. The van der Waals surface area contributed by atoms with E-state index in [-0.39, 0.29) is 18.5 Å². The van der Waals surface area contributed by atoms with Gasteiger partial charge in [-0.15, -0.1) is 0 Å². The zero-order valence-corrected chi connectivity index (χ0v) is 10.7. The van der Waals surface area contributed by atoms with E-state index in [9.17, 15) is 18.4 Å². The van der Waals surface area contributed by atoms with Crippen molar-refractivity contribution in [1.82, 2.24) is 4.90 Å². The molecule has 0 fully saturated rings. The molecule has 1 N–H and O–H groups in total. The summed E-state index contributed by atoms with van der Waals surface area (Å²) in [5.41, 5.74) is -0.390. The Labute approximate surface area is 109 Å². The van der Waals surface area contributed by atoms with Crippen molar-refractivity contribution >= 4 is 11.9 Å². The molecule has 0 aliphatic rings. The first-order valence-corrected chi connectivity index (χ1v) is 5.84. The molecule has 1 amide bonds. The molecular formula is C13H15F2NO3. The number of rotatable bonds is 5. The second kappa shape index (κ2) is 6.26. The van der Waals surface area contributed by atoms with Crippen LogP contribution in [0.4, 0.5) is 8.78 Å². The van der Waals surface area contributed by atoms with Crippen LogP contribution < -0.4 is 0 Å². The maximum atomic E-state index is 13.5. The number of carbonyl (C=O) groups excluding carboxylic acids is 1. The smallest absolute Gasteiger partial charge is 0.305 e. The van der Waals surface area contributed by atoms with Crippen LogP contribution in [0.1, 0.15) is 30.6 Å². The number of carboxylic acid groups (broad SMARTS) is 1. The fraction of sp³-hybridized carbons (Fsp3) is 0.385. The van der Waals surface area contributed by atoms with E-state index in [1.807, 2.05) is 0 Å². The Morgan fingerprint density at radius 1 is 1.37 bits per heavy atom. The first kappa shape index (κ1) is 15.1. The molecule has 19 heavy (non-hydrogen) atoms. The van der Waals surface area contributed by atoms with Crippen molar-refractivity contribution in [3.8, 4) is 0 Å². The topological polar surface area (TPSA) is 57.6 Å². The molecule has 0 spiro atoms. The molecule has 0 radical (unpaired) electrons. The first-order valence-electron chi connectivity index (χ1n) is 5.84. The Bertz CT molecular complexity index is 491. The van der Waals surface area contributed by atoms with Crippen LogP contribution in [0.2, 0.25) is 0 Å². The van der Waals surface area contributed by atoms with Gasteiger partial charge in [0.2, 0.25) is 0 Å². The van der Waals surface area contributed by atoms with Gasteiger partial charge in [0.25, 0.3) is 5.91 Å². The molecular weight excluding hydrogens is 256 g/mol. The van der Waals surface area contributed by atoms with E-state index in [0.717, 1.165) is 18.2 Å². The predicted octanol–water partition coefficient (Wildman–Crippen LogP) is 2.29. The lowest BCUT2D eigenvalue weighted by Crippen LogP contribution is -2.40. The number of benzene rings is 1. The molecule has 1 atom stereocenters. The number of halogens is 2. The van der Waals surface area contributed by atoms with Crippen LogP contribution in [0.25, 0.3) is 0 Å². The van der Waals surface area contributed by atoms with Gasteiger partial charge in [-0.3, -0.25) is 9.59 Å². The normalized spacial score (nSPS) is 12.0. The second-order valence-electron chi connectivity index (χ2n) is 4.16. The maximum absolute atomic E-state index is 13.5. The minimum atomic E-state index is -1.06. The van der Waals surface area contributed by atoms with E-state index in [1.54, 1.807) is 13.8 Å². The number of hydrogen-bond acceptors (Lipinski definition) is 2. The average Bonchev–Trinajstić information content (AvgIpc) is 2.32. The highest BCUT2D eigenvalue weighted by Gasteiger charge is 2.24. The molecule has 104 valence electrons. The molecule has 6 heteroatoms. The monoisotopic (exact) mass is 271 g/mol. The van der Waals surface area contributed by atoms with Crippen LogP contribution in [0.5, 0.6) is 0 Å². The summed E-state index contributed by atoms with van der Waals surface area (Å²) < 4.78 is 26.6. The second-order valence-corrected chi connectivity index (χ2v) is 4.16. The van der Waals surface area contributed by atoms with Gasteiger partial charge in [0.05, 0.1) is 12.0 Å². The molecule has 0 saturated carbocycles. The molecule has 0 saturated heterocycles. The molecule has 1 rings (SSSR count). The standard InChI is InChI=1S/C13H15F2NO3/c1-3-16(8(2)6-12(17)18)13(19)10-7-9(14)4-5-11(10)15/h4-5,7-8H,3,6H2,1-2H3,(H,17,18). The van der Waals surface area contributed by atoms with Crippen molar-refractivity contribution in [2.45, 2.75) is 26.3 Å². The highest BCUT2D eigenvalue weighted by molar-refractivity contribution is 5.94. The van der Waals surface area contributed by atoms with Gasteiger partial charge in [0, 0.05) is 12.6 Å². The number of carboxylic acids is 1. The highest BCUT2D eigenvalue weighted by Crippen LogP contribution is 2.15. The molecule has 0 aliphatic carbocycles. The van der Waals surface area contributed by atoms with Crippen molar-refractivity contribution in [1.29, 1.82) is 0 Å². The third-order valence-electron chi connectivity index (χ3n) is 2.76. The van der Waals surface area contributed by atoms with Gasteiger partial charge in [-0.2, -0.15) is 0 Å². The van der Waals surface area contributed by atoms with Crippen LogP contribution in [0.3, 0.4) is 0 Å².